The Morgan fingerprint density at radius 1 is 1.00 bits per heavy atom. The number of nitrogens with zero attached hydrogens (tertiary/aromatic N) is 3. The number of imidazole rings is 1. The zero-order valence-corrected chi connectivity index (χ0v) is 16.1. The van der Waals surface area contributed by atoms with Crippen LogP contribution in [-0.2, 0) is 4.79 Å². The van der Waals surface area contributed by atoms with E-state index in [0.29, 0.717) is 23.1 Å². The number of rotatable bonds is 6. The number of carbonyl (C=O) groups excluding carboxylic acids is 1. The lowest BCUT2D eigenvalue weighted by molar-refractivity contribution is -0.118. The number of nitrogens with one attached hydrogen (secondary N) is 1. The van der Waals surface area contributed by atoms with Gasteiger partial charge in [0.15, 0.2) is 11.5 Å². The Morgan fingerprint density at radius 3 is 2.52 bits per heavy atom. The Kier molecular flexibility index (Phi) is 5.11. The average molecular weight is 388 g/mol. The van der Waals surface area contributed by atoms with Gasteiger partial charge in [0, 0.05) is 6.07 Å². The number of para-hydroxylation sites is 4. The predicted molar refractivity (Wildman–Crippen MR) is 110 cm³/mol. The molecular formula is C22H20N4O3. The predicted octanol–water partition coefficient (Wildman–Crippen LogP) is 4.43. The van der Waals surface area contributed by atoms with Crippen LogP contribution in [-0.4, -0.2) is 27.6 Å². The van der Waals surface area contributed by atoms with Crippen LogP contribution in [0.1, 0.15) is 13.0 Å². The number of benzene rings is 2. The standard InChI is InChI=1S/C22H20N4O3/c1-15(26-14-24-17-7-3-4-8-18(17)26)22(27)25-16-11-12-21(23-13-16)29-20-10-6-5-9-19(20)28-2/h3-15H,1-2H3,(H,25,27). The topological polar surface area (TPSA) is 78.3 Å². The fraction of sp³-hybridized carbons (Fsp3) is 0.136. The summed E-state index contributed by atoms with van der Waals surface area (Å²) in [4.78, 5) is 21.3. The molecular weight excluding hydrogens is 368 g/mol. The third kappa shape index (κ3) is 3.89. The number of pyridine rings is 1. The second-order valence-electron chi connectivity index (χ2n) is 6.44. The van der Waals surface area contributed by atoms with E-state index in [1.165, 1.54) is 0 Å². The number of carbonyl (C=O) groups is 1. The highest BCUT2D eigenvalue weighted by Gasteiger charge is 2.17. The minimum atomic E-state index is -0.424. The van der Waals surface area contributed by atoms with E-state index in [9.17, 15) is 4.79 Å². The first kappa shape index (κ1) is 18.5. The monoisotopic (exact) mass is 388 g/mol. The minimum absolute atomic E-state index is 0.159. The number of methoxy groups -OCH3 is 1. The molecule has 0 spiro atoms. The van der Waals surface area contributed by atoms with Gasteiger partial charge in [-0.15, -0.1) is 0 Å². The fourth-order valence-corrected chi connectivity index (χ4v) is 2.99. The zero-order chi connectivity index (χ0) is 20.2. The molecule has 0 saturated heterocycles. The molecule has 2 aromatic carbocycles. The third-order valence-corrected chi connectivity index (χ3v) is 4.57. The Bertz CT molecular complexity index is 1140. The summed E-state index contributed by atoms with van der Waals surface area (Å²) in [6.45, 7) is 1.83. The number of hydrogen-bond donors (Lipinski definition) is 1. The van der Waals surface area contributed by atoms with Crippen molar-refractivity contribution in [3.63, 3.8) is 0 Å². The second-order valence-corrected chi connectivity index (χ2v) is 6.44. The van der Waals surface area contributed by atoms with Crippen LogP contribution in [0.25, 0.3) is 11.0 Å². The molecule has 4 aromatic rings. The van der Waals surface area contributed by atoms with Crippen molar-refractivity contribution in [1.82, 2.24) is 14.5 Å². The smallest absolute Gasteiger partial charge is 0.247 e. The highest BCUT2D eigenvalue weighted by atomic mass is 16.5. The summed E-state index contributed by atoms with van der Waals surface area (Å²) < 4.78 is 12.9. The summed E-state index contributed by atoms with van der Waals surface area (Å²) in [5, 5.41) is 2.88. The van der Waals surface area contributed by atoms with Gasteiger partial charge in [-0.25, -0.2) is 9.97 Å². The summed E-state index contributed by atoms with van der Waals surface area (Å²) >= 11 is 0. The molecule has 1 amide bonds. The van der Waals surface area contributed by atoms with Gasteiger partial charge in [-0.2, -0.15) is 0 Å². The Balaban J connectivity index is 1.45. The van der Waals surface area contributed by atoms with Crippen LogP contribution in [0, 0.1) is 0 Å². The molecule has 0 fully saturated rings. The van der Waals surface area contributed by atoms with E-state index < -0.39 is 6.04 Å². The molecule has 7 nitrogen and oxygen atoms in total. The van der Waals surface area contributed by atoms with E-state index in [2.05, 4.69) is 15.3 Å². The Hall–Kier alpha value is -3.87. The van der Waals surface area contributed by atoms with Crippen LogP contribution in [0.15, 0.2) is 73.2 Å². The van der Waals surface area contributed by atoms with Crippen LogP contribution in [0.5, 0.6) is 17.4 Å². The third-order valence-electron chi connectivity index (χ3n) is 4.57. The molecule has 146 valence electrons. The lowest BCUT2D eigenvalue weighted by atomic mass is 10.2. The normalized spacial score (nSPS) is 11.8. The molecule has 0 aliphatic carbocycles. The van der Waals surface area contributed by atoms with Gasteiger partial charge >= 0.3 is 0 Å². The number of anilines is 1. The molecule has 0 radical (unpaired) electrons. The highest BCUT2D eigenvalue weighted by molar-refractivity contribution is 5.94. The van der Waals surface area contributed by atoms with Gasteiger partial charge in [0.25, 0.3) is 0 Å². The average Bonchev–Trinajstić information content (AvgIpc) is 3.19. The molecule has 1 N–H and O–H groups in total. The molecule has 29 heavy (non-hydrogen) atoms. The minimum Gasteiger partial charge on any atom is -0.493 e. The summed E-state index contributed by atoms with van der Waals surface area (Å²) in [5.41, 5.74) is 2.35. The van der Waals surface area contributed by atoms with E-state index >= 15 is 0 Å². The molecule has 1 unspecified atom stereocenters. The summed E-state index contributed by atoms with van der Waals surface area (Å²) in [6, 6.07) is 18.0. The van der Waals surface area contributed by atoms with Gasteiger partial charge in [-0.1, -0.05) is 24.3 Å². The Labute approximate surface area is 167 Å². The van der Waals surface area contributed by atoms with Gasteiger partial charge < -0.3 is 19.4 Å². The molecule has 7 heteroatoms. The number of aromatic nitrogens is 3. The van der Waals surface area contributed by atoms with Crippen LogP contribution in [0.2, 0.25) is 0 Å². The summed E-state index contributed by atoms with van der Waals surface area (Å²) in [5.74, 6) is 1.43. The summed E-state index contributed by atoms with van der Waals surface area (Å²) in [6.07, 6.45) is 3.23. The molecule has 2 aromatic heterocycles. The second kappa shape index (κ2) is 8.02. The van der Waals surface area contributed by atoms with Crippen LogP contribution in [0.3, 0.4) is 0 Å². The van der Waals surface area contributed by atoms with Crippen molar-refractivity contribution in [3.05, 3.63) is 73.2 Å². The molecule has 0 bridgehead atoms. The maximum atomic E-state index is 12.7. The molecule has 1 atom stereocenters. The molecule has 0 aliphatic heterocycles. The van der Waals surface area contributed by atoms with Crippen LogP contribution >= 0.6 is 0 Å². The number of hydrogen-bond acceptors (Lipinski definition) is 5. The number of fused-ring (bicyclic) bond motifs is 1. The van der Waals surface area contributed by atoms with Gasteiger partial charge in [0.1, 0.15) is 6.04 Å². The first-order chi connectivity index (χ1) is 14.2. The number of ether oxygens (including phenoxy) is 2. The molecule has 2 heterocycles. The maximum absolute atomic E-state index is 12.7. The quantitative estimate of drug-likeness (QED) is 0.529. The lowest BCUT2D eigenvalue weighted by Crippen LogP contribution is -2.23. The summed E-state index contributed by atoms with van der Waals surface area (Å²) in [7, 11) is 1.58. The van der Waals surface area contributed by atoms with E-state index in [1.54, 1.807) is 37.8 Å². The van der Waals surface area contributed by atoms with Crippen molar-refractivity contribution < 1.29 is 14.3 Å². The number of amides is 1. The largest absolute Gasteiger partial charge is 0.493 e. The van der Waals surface area contributed by atoms with Crippen molar-refractivity contribution in [3.8, 4) is 17.4 Å². The van der Waals surface area contributed by atoms with Crippen molar-refractivity contribution in [2.45, 2.75) is 13.0 Å². The van der Waals surface area contributed by atoms with Crippen LogP contribution < -0.4 is 14.8 Å². The Morgan fingerprint density at radius 2 is 1.76 bits per heavy atom. The van der Waals surface area contributed by atoms with Crippen molar-refractivity contribution in [1.29, 1.82) is 0 Å². The lowest BCUT2D eigenvalue weighted by Gasteiger charge is -2.15. The van der Waals surface area contributed by atoms with Crippen molar-refractivity contribution in [2.24, 2.45) is 0 Å². The maximum Gasteiger partial charge on any atom is 0.247 e. The molecule has 4 rings (SSSR count). The highest BCUT2D eigenvalue weighted by Crippen LogP contribution is 2.30. The first-order valence-electron chi connectivity index (χ1n) is 9.15. The van der Waals surface area contributed by atoms with Gasteiger partial charge in [0.2, 0.25) is 11.8 Å². The first-order valence-corrected chi connectivity index (χ1v) is 9.15. The van der Waals surface area contributed by atoms with Gasteiger partial charge in [0.05, 0.1) is 36.4 Å². The zero-order valence-electron chi connectivity index (χ0n) is 16.1. The van der Waals surface area contributed by atoms with Crippen molar-refractivity contribution >= 4 is 22.6 Å². The van der Waals surface area contributed by atoms with E-state index in [0.717, 1.165) is 11.0 Å². The van der Waals surface area contributed by atoms with E-state index in [1.807, 2.05) is 54.0 Å². The molecule has 0 saturated carbocycles. The van der Waals surface area contributed by atoms with Gasteiger partial charge in [-0.3, -0.25) is 4.79 Å². The van der Waals surface area contributed by atoms with E-state index in [4.69, 9.17) is 9.47 Å². The van der Waals surface area contributed by atoms with Crippen LogP contribution in [0.4, 0.5) is 5.69 Å². The fourth-order valence-electron chi connectivity index (χ4n) is 2.99. The van der Waals surface area contributed by atoms with Crippen molar-refractivity contribution in [2.75, 3.05) is 12.4 Å². The van der Waals surface area contributed by atoms with E-state index in [-0.39, 0.29) is 5.91 Å². The molecule has 0 aliphatic rings. The van der Waals surface area contributed by atoms with Gasteiger partial charge in [-0.05, 0) is 37.3 Å². The SMILES string of the molecule is COc1ccccc1Oc1ccc(NC(=O)C(C)n2cnc3ccccc32)cn1.